The molecule has 4 aromatic rings. The van der Waals surface area contributed by atoms with Crippen molar-refractivity contribution in [2.75, 3.05) is 6.54 Å². The normalized spacial score (nSPS) is 14.5. The molecule has 26 nitrogen and oxygen atoms in total. The number of hydrogen-bond donors (Lipinski definition) is 14. The Hall–Kier alpha value is -8.52. The van der Waals surface area contributed by atoms with Crippen LogP contribution in [0.15, 0.2) is 85.7 Å². The molecule has 2 heterocycles. The maximum Gasteiger partial charge on any atom is 0.325 e. The summed E-state index contributed by atoms with van der Waals surface area (Å²) in [6.45, 7) is 8.47. The molecule has 0 saturated carbocycles. The number of nitrogens with zero attached hydrogens (tertiary/aromatic N) is 2. The van der Waals surface area contributed by atoms with Crippen molar-refractivity contribution in [3.8, 4) is 0 Å². The maximum absolute atomic E-state index is 14.4. The average Bonchev–Trinajstić information content (AvgIpc) is 4.15. The van der Waals surface area contributed by atoms with Crippen LogP contribution in [0, 0.1) is 11.8 Å². The highest BCUT2D eigenvalue weighted by Gasteiger charge is 2.36. The third-order valence-electron chi connectivity index (χ3n) is 13.0. The van der Waals surface area contributed by atoms with E-state index in [0.29, 0.717) is 35.4 Å². The average molecular weight is 1130 g/mol. The van der Waals surface area contributed by atoms with Crippen molar-refractivity contribution in [2.45, 2.75) is 153 Å². The van der Waals surface area contributed by atoms with Gasteiger partial charge in [0.1, 0.15) is 48.3 Å². The van der Waals surface area contributed by atoms with Crippen molar-refractivity contribution in [1.29, 1.82) is 0 Å². The van der Waals surface area contributed by atoms with Gasteiger partial charge in [-0.05, 0) is 68.5 Å². The van der Waals surface area contributed by atoms with E-state index in [-0.39, 0.29) is 63.8 Å². The molecule has 0 spiro atoms. The molecule has 0 fully saturated rings. The SMILES string of the molecule is CC(C)C[C@@H](NC(=O)[C@@H](CCCCN)NC(=O)[C@@H](CCC(N)=O)NC(=O)[C@@H](Cc1cnc[nH]1)NC(=O)[C@H](N)Cc1cnc[nH]1)C(=O)N[C@@H](C(=O)N[C@H](Cc1ccccc1)C(=O)N[C@H](Cc1ccccc1)C(=O)N[C@H](C)C(=O)O)C(C)C. The van der Waals surface area contributed by atoms with E-state index in [1.165, 1.54) is 32.0 Å². The van der Waals surface area contributed by atoms with Crippen LogP contribution in [0.5, 0.6) is 0 Å². The maximum atomic E-state index is 14.4. The molecule has 9 atom stereocenters. The first kappa shape index (κ1) is 65.0. The Labute approximate surface area is 470 Å². The highest BCUT2D eigenvalue weighted by Crippen LogP contribution is 2.14. The minimum Gasteiger partial charge on any atom is -0.480 e. The van der Waals surface area contributed by atoms with Crippen molar-refractivity contribution in [1.82, 2.24) is 62.5 Å². The first-order chi connectivity index (χ1) is 38.5. The molecule has 17 N–H and O–H groups in total. The van der Waals surface area contributed by atoms with E-state index in [1.807, 2.05) is 0 Å². The van der Waals surface area contributed by atoms with E-state index in [1.54, 1.807) is 88.4 Å². The minimum atomic E-state index is -1.48. The van der Waals surface area contributed by atoms with Gasteiger partial charge in [0.15, 0.2) is 0 Å². The predicted octanol–water partition coefficient (Wildman–Crippen LogP) is -1.19. The number of imidazole rings is 2. The van der Waals surface area contributed by atoms with Gasteiger partial charge >= 0.3 is 5.97 Å². The lowest BCUT2D eigenvalue weighted by atomic mass is 9.98. The number of benzene rings is 2. The Morgan fingerprint density at radius 2 is 0.951 bits per heavy atom. The number of rotatable bonds is 35. The number of hydrogen-bond acceptors (Lipinski definition) is 14. The molecule has 0 radical (unpaired) electrons. The second kappa shape index (κ2) is 33.2. The third-order valence-corrected chi connectivity index (χ3v) is 13.0. The predicted molar refractivity (Wildman–Crippen MR) is 297 cm³/mol. The molecular formula is C55H79N15O11. The van der Waals surface area contributed by atoms with E-state index >= 15 is 0 Å². The molecule has 9 amide bonds. The standard InChI is InChI=1S/C55H79N15O11/c1-31(2)22-41(53(78)70-46(32(3)4)54(79)69-43(24-35-16-10-7-11-17-35)51(76)68-42(23-34-14-8-6-9-15-34)50(75)63-33(5)55(80)81)67-48(73)39(18-12-13-21-56)64-49(74)40(19-20-45(58)71)65-52(77)44(26-37-28-60-30-62-37)66-47(72)38(57)25-36-27-59-29-61-36/h6-11,14-17,27-33,38-44,46H,12-13,18-26,56-57H2,1-5H3,(H2,58,71)(H,59,61)(H,60,62)(H,63,75)(H,64,74)(H,65,77)(H,66,72)(H,67,73)(H,68,76)(H,69,79)(H,70,78)(H,80,81)/t33-,38-,39-,40-,41-,42-,43-,44-,46-/m1/s1. The zero-order valence-corrected chi connectivity index (χ0v) is 46.4. The van der Waals surface area contributed by atoms with Gasteiger partial charge in [-0.2, -0.15) is 0 Å². The van der Waals surface area contributed by atoms with Gasteiger partial charge in [0.2, 0.25) is 53.2 Å². The van der Waals surface area contributed by atoms with Crippen molar-refractivity contribution < 1.29 is 53.1 Å². The molecule has 440 valence electrons. The van der Waals surface area contributed by atoms with Gasteiger partial charge in [-0.1, -0.05) is 88.4 Å². The van der Waals surface area contributed by atoms with Crippen LogP contribution in [0.1, 0.15) is 95.7 Å². The molecule has 81 heavy (non-hydrogen) atoms. The number of H-pyrrole nitrogens is 2. The van der Waals surface area contributed by atoms with Crippen LogP contribution in [-0.2, 0) is 73.6 Å². The second-order valence-corrected chi connectivity index (χ2v) is 20.6. The number of nitrogens with one attached hydrogen (secondary N) is 10. The van der Waals surface area contributed by atoms with E-state index in [2.05, 4.69) is 62.5 Å². The van der Waals surface area contributed by atoms with Gasteiger partial charge in [0, 0.05) is 55.9 Å². The van der Waals surface area contributed by atoms with E-state index < -0.39 is 119 Å². The van der Waals surface area contributed by atoms with Crippen molar-refractivity contribution in [2.24, 2.45) is 29.0 Å². The number of carboxylic acids is 1. The molecule has 26 heteroatoms. The molecule has 2 aromatic carbocycles. The monoisotopic (exact) mass is 1130 g/mol. The molecule has 0 aliphatic carbocycles. The van der Waals surface area contributed by atoms with Crippen molar-refractivity contribution in [3.05, 3.63) is 108 Å². The Balaban J connectivity index is 1.56. The first-order valence-corrected chi connectivity index (χ1v) is 27.0. The Kier molecular flexibility index (Phi) is 26.6. The Morgan fingerprint density at radius 1 is 0.519 bits per heavy atom. The van der Waals surface area contributed by atoms with Gasteiger partial charge in [-0.15, -0.1) is 0 Å². The van der Waals surface area contributed by atoms with Crippen LogP contribution in [0.25, 0.3) is 0 Å². The van der Waals surface area contributed by atoms with Crippen LogP contribution in [0.3, 0.4) is 0 Å². The van der Waals surface area contributed by atoms with Gasteiger partial charge in [-0.3, -0.25) is 47.9 Å². The van der Waals surface area contributed by atoms with Crippen molar-refractivity contribution in [3.63, 3.8) is 0 Å². The smallest absolute Gasteiger partial charge is 0.325 e. The number of primary amides is 1. The summed E-state index contributed by atoms with van der Waals surface area (Å²) < 4.78 is 0. The Bertz CT molecular complexity index is 2670. The first-order valence-electron chi connectivity index (χ1n) is 27.0. The van der Waals surface area contributed by atoms with Gasteiger partial charge in [0.25, 0.3) is 0 Å². The highest BCUT2D eigenvalue weighted by molar-refractivity contribution is 5.98. The van der Waals surface area contributed by atoms with E-state index in [0.717, 1.165) is 0 Å². The third kappa shape index (κ3) is 22.6. The number of aromatic amines is 2. The molecule has 0 saturated heterocycles. The Morgan fingerprint density at radius 3 is 1.42 bits per heavy atom. The summed E-state index contributed by atoms with van der Waals surface area (Å²) in [4.78, 5) is 150. The number of carboxylic acid groups (broad SMARTS) is 1. The molecular weight excluding hydrogens is 1050 g/mol. The van der Waals surface area contributed by atoms with Gasteiger partial charge < -0.3 is 74.8 Å². The molecule has 0 unspecified atom stereocenters. The number of unbranched alkanes of at least 4 members (excludes halogenated alkanes) is 1. The highest BCUT2D eigenvalue weighted by atomic mass is 16.4. The number of carbonyl (C=O) groups is 10. The summed E-state index contributed by atoms with van der Waals surface area (Å²) in [6.07, 6.45) is 5.78. The number of carbonyl (C=O) groups excluding carboxylic acids is 9. The molecule has 2 aromatic heterocycles. The van der Waals surface area contributed by atoms with Gasteiger partial charge in [0.05, 0.1) is 18.7 Å². The summed E-state index contributed by atoms with van der Waals surface area (Å²) >= 11 is 0. The van der Waals surface area contributed by atoms with Crippen LogP contribution in [0.2, 0.25) is 0 Å². The fraction of sp³-hybridized carbons (Fsp3) is 0.491. The number of amides is 9. The number of nitrogens with two attached hydrogens (primary N) is 3. The lowest BCUT2D eigenvalue weighted by Gasteiger charge is -2.29. The number of aromatic nitrogens is 4. The van der Waals surface area contributed by atoms with E-state index in [9.17, 15) is 53.1 Å². The van der Waals surface area contributed by atoms with E-state index in [4.69, 9.17) is 17.2 Å². The van der Waals surface area contributed by atoms with Crippen LogP contribution in [-0.4, -0.2) is 145 Å². The summed E-state index contributed by atoms with van der Waals surface area (Å²) in [7, 11) is 0. The molecule has 0 aliphatic rings. The van der Waals surface area contributed by atoms with Crippen molar-refractivity contribution >= 4 is 59.1 Å². The topological polar surface area (TPSA) is 423 Å². The largest absolute Gasteiger partial charge is 0.480 e. The quantitative estimate of drug-likeness (QED) is 0.0241. The summed E-state index contributed by atoms with van der Waals surface area (Å²) in [5.74, 6) is -9.20. The molecule has 0 bridgehead atoms. The minimum absolute atomic E-state index is 0.0162. The summed E-state index contributed by atoms with van der Waals surface area (Å²) in [6, 6.07) is 5.78. The fourth-order valence-electron chi connectivity index (χ4n) is 8.48. The van der Waals surface area contributed by atoms with Gasteiger partial charge in [-0.25, -0.2) is 9.97 Å². The fourth-order valence-corrected chi connectivity index (χ4v) is 8.48. The lowest BCUT2D eigenvalue weighted by molar-refractivity contribution is -0.141. The van der Waals surface area contributed by atoms with Crippen LogP contribution >= 0.6 is 0 Å². The second-order valence-electron chi connectivity index (χ2n) is 20.6. The summed E-state index contributed by atoms with van der Waals surface area (Å²) in [5.41, 5.74) is 19.8. The van der Waals surface area contributed by atoms with Crippen LogP contribution < -0.4 is 59.7 Å². The number of aliphatic carboxylic acids is 1. The molecule has 4 rings (SSSR count). The molecule has 0 aliphatic heterocycles. The summed E-state index contributed by atoms with van der Waals surface area (Å²) in [5, 5.41) is 30.8. The zero-order valence-electron chi connectivity index (χ0n) is 46.4. The lowest BCUT2D eigenvalue weighted by Crippen LogP contribution is -2.61. The zero-order chi connectivity index (χ0) is 59.6. The van der Waals surface area contributed by atoms with Crippen LogP contribution in [0.4, 0.5) is 0 Å².